The van der Waals surface area contributed by atoms with E-state index < -0.39 is 11.6 Å². The van der Waals surface area contributed by atoms with Crippen molar-refractivity contribution in [3.05, 3.63) is 23.8 Å². The number of methoxy groups -OCH3 is 1. The SMILES string of the molecule is COCCNC(=O)CCNc1c(F)cc(N)cc1F. The number of carbonyl (C=O) groups excluding carboxylic acids is 1. The molecular formula is C12H17F2N3O2. The third-order valence-electron chi connectivity index (χ3n) is 2.35. The van der Waals surface area contributed by atoms with E-state index in [0.29, 0.717) is 13.2 Å². The van der Waals surface area contributed by atoms with Gasteiger partial charge in [-0.15, -0.1) is 0 Å². The molecule has 0 aliphatic rings. The summed E-state index contributed by atoms with van der Waals surface area (Å²) >= 11 is 0. The number of halogens is 2. The minimum Gasteiger partial charge on any atom is -0.399 e. The molecule has 0 heterocycles. The van der Waals surface area contributed by atoms with E-state index in [9.17, 15) is 13.6 Å². The number of rotatable bonds is 7. The molecule has 7 heteroatoms. The molecule has 4 N–H and O–H groups in total. The van der Waals surface area contributed by atoms with E-state index >= 15 is 0 Å². The lowest BCUT2D eigenvalue weighted by atomic mass is 10.2. The van der Waals surface area contributed by atoms with Crippen molar-refractivity contribution in [1.82, 2.24) is 5.32 Å². The van der Waals surface area contributed by atoms with Gasteiger partial charge in [0.15, 0.2) is 11.6 Å². The molecule has 0 aliphatic carbocycles. The Bertz CT molecular complexity index is 418. The lowest BCUT2D eigenvalue weighted by molar-refractivity contribution is -0.121. The topological polar surface area (TPSA) is 76.4 Å². The predicted molar refractivity (Wildman–Crippen MR) is 68.8 cm³/mol. The Morgan fingerprint density at radius 1 is 1.32 bits per heavy atom. The number of nitrogen functional groups attached to an aromatic ring is 1. The van der Waals surface area contributed by atoms with Gasteiger partial charge in [-0.1, -0.05) is 0 Å². The van der Waals surface area contributed by atoms with E-state index in [2.05, 4.69) is 10.6 Å². The number of hydrogen-bond acceptors (Lipinski definition) is 4. The van der Waals surface area contributed by atoms with Gasteiger partial charge in [-0.25, -0.2) is 8.78 Å². The highest BCUT2D eigenvalue weighted by atomic mass is 19.1. The number of ether oxygens (including phenoxy) is 1. The summed E-state index contributed by atoms with van der Waals surface area (Å²) in [5.41, 5.74) is 5.02. The summed E-state index contributed by atoms with van der Waals surface area (Å²) < 4.78 is 31.5. The van der Waals surface area contributed by atoms with Gasteiger partial charge < -0.3 is 21.1 Å². The molecule has 0 spiro atoms. The van der Waals surface area contributed by atoms with Gasteiger partial charge in [-0.3, -0.25) is 4.79 Å². The zero-order valence-corrected chi connectivity index (χ0v) is 10.6. The van der Waals surface area contributed by atoms with Gasteiger partial charge in [0.2, 0.25) is 5.91 Å². The monoisotopic (exact) mass is 273 g/mol. The van der Waals surface area contributed by atoms with Crippen molar-refractivity contribution < 1.29 is 18.3 Å². The van der Waals surface area contributed by atoms with E-state index in [1.54, 1.807) is 0 Å². The molecule has 106 valence electrons. The molecule has 0 radical (unpaired) electrons. The molecule has 5 nitrogen and oxygen atoms in total. The van der Waals surface area contributed by atoms with Crippen LogP contribution >= 0.6 is 0 Å². The molecule has 1 amide bonds. The maximum Gasteiger partial charge on any atom is 0.221 e. The fourth-order valence-electron chi connectivity index (χ4n) is 1.44. The van der Waals surface area contributed by atoms with Crippen LogP contribution in [0.2, 0.25) is 0 Å². The largest absolute Gasteiger partial charge is 0.399 e. The minimum absolute atomic E-state index is 0.0119. The van der Waals surface area contributed by atoms with Crippen LogP contribution in [0.1, 0.15) is 6.42 Å². The molecule has 0 aromatic heterocycles. The fourth-order valence-corrected chi connectivity index (χ4v) is 1.44. The van der Waals surface area contributed by atoms with Gasteiger partial charge >= 0.3 is 0 Å². The first kappa shape index (κ1) is 15.2. The highest BCUT2D eigenvalue weighted by molar-refractivity contribution is 5.76. The van der Waals surface area contributed by atoms with Gasteiger partial charge in [0.25, 0.3) is 0 Å². The van der Waals surface area contributed by atoms with Crippen LogP contribution in [-0.4, -0.2) is 32.7 Å². The van der Waals surface area contributed by atoms with Crippen LogP contribution in [0.4, 0.5) is 20.2 Å². The lowest BCUT2D eigenvalue weighted by Crippen LogP contribution is -2.28. The Kier molecular flexibility index (Phi) is 6.01. The van der Waals surface area contributed by atoms with Gasteiger partial charge in [-0.2, -0.15) is 0 Å². The van der Waals surface area contributed by atoms with Crippen molar-refractivity contribution in [3.8, 4) is 0 Å². The third-order valence-corrected chi connectivity index (χ3v) is 2.35. The molecule has 0 saturated heterocycles. The van der Waals surface area contributed by atoms with Crippen molar-refractivity contribution >= 4 is 17.3 Å². The second-order valence-electron chi connectivity index (χ2n) is 3.88. The summed E-state index contributed by atoms with van der Waals surface area (Å²) in [6.45, 7) is 0.941. The van der Waals surface area contributed by atoms with Crippen LogP contribution in [0.25, 0.3) is 0 Å². The lowest BCUT2D eigenvalue weighted by Gasteiger charge is -2.09. The zero-order valence-electron chi connectivity index (χ0n) is 10.6. The number of anilines is 2. The van der Waals surface area contributed by atoms with Crippen molar-refractivity contribution in [1.29, 1.82) is 0 Å². The van der Waals surface area contributed by atoms with Crippen LogP contribution in [0.5, 0.6) is 0 Å². The second kappa shape index (κ2) is 7.52. The molecule has 0 atom stereocenters. The van der Waals surface area contributed by atoms with E-state index in [1.165, 1.54) is 7.11 Å². The van der Waals surface area contributed by atoms with Crippen LogP contribution < -0.4 is 16.4 Å². The molecular weight excluding hydrogens is 256 g/mol. The summed E-state index contributed by atoms with van der Waals surface area (Å²) in [5.74, 6) is -1.78. The Balaban J connectivity index is 2.39. The Morgan fingerprint density at radius 3 is 2.53 bits per heavy atom. The van der Waals surface area contributed by atoms with Crippen LogP contribution in [-0.2, 0) is 9.53 Å². The van der Waals surface area contributed by atoms with E-state index in [0.717, 1.165) is 12.1 Å². The number of amides is 1. The smallest absolute Gasteiger partial charge is 0.221 e. The molecule has 1 aromatic rings. The molecule has 1 rings (SSSR count). The Labute approximate surface area is 110 Å². The van der Waals surface area contributed by atoms with Gasteiger partial charge in [-0.05, 0) is 12.1 Å². The summed E-state index contributed by atoms with van der Waals surface area (Å²) in [7, 11) is 1.53. The Hall–Kier alpha value is -1.89. The molecule has 1 aromatic carbocycles. The molecule has 19 heavy (non-hydrogen) atoms. The number of carbonyl (C=O) groups is 1. The van der Waals surface area contributed by atoms with Crippen molar-refractivity contribution in [2.24, 2.45) is 0 Å². The zero-order chi connectivity index (χ0) is 14.3. The first-order valence-electron chi connectivity index (χ1n) is 5.78. The fraction of sp³-hybridized carbons (Fsp3) is 0.417. The van der Waals surface area contributed by atoms with E-state index in [4.69, 9.17) is 10.5 Å². The Morgan fingerprint density at radius 2 is 1.95 bits per heavy atom. The summed E-state index contributed by atoms with van der Waals surface area (Å²) in [4.78, 5) is 11.3. The van der Waals surface area contributed by atoms with Gasteiger partial charge in [0.1, 0.15) is 5.69 Å². The molecule has 0 saturated carbocycles. The molecule has 0 unspecified atom stereocenters. The summed E-state index contributed by atoms with van der Waals surface area (Å²) in [6, 6.07) is 2.04. The van der Waals surface area contributed by atoms with Crippen molar-refractivity contribution in [2.45, 2.75) is 6.42 Å². The molecule has 0 bridgehead atoms. The van der Waals surface area contributed by atoms with Gasteiger partial charge in [0, 0.05) is 32.3 Å². The van der Waals surface area contributed by atoms with E-state index in [1.807, 2.05) is 0 Å². The number of benzene rings is 1. The van der Waals surface area contributed by atoms with E-state index in [-0.39, 0.29) is 30.2 Å². The summed E-state index contributed by atoms with van der Waals surface area (Å²) in [5, 5.41) is 5.13. The molecule has 0 fully saturated rings. The number of nitrogens with two attached hydrogens (primary N) is 1. The highest BCUT2D eigenvalue weighted by Gasteiger charge is 2.10. The predicted octanol–water partition coefficient (Wildman–Crippen LogP) is 1.11. The van der Waals surface area contributed by atoms with Crippen molar-refractivity contribution in [2.75, 3.05) is 37.9 Å². The number of hydrogen-bond donors (Lipinski definition) is 3. The normalized spacial score (nSPS) is 10.3. The summed E-state index contributed by atoms with van der Waals surface area (Å²) in [6.07, 6.45) is 0.104. The second-order valence-corrected chi connectivity index (χ2v) is 3.88. The highest BCUT2D eigenvalue weighted by Crippen LogP contribution is 2.21. The quantitative estimate of drug-likeness (QED) is 0.514. The number of nitrogens with one attached hydrogen (secondary N) is 2. The first-order valence-corrected chi connectivity index (χ1v) is 5.78. The van der Waals surface area contributed by atoms with Crippen LogP contribution in [0, 0.1) is 11.6 Å². The third kappa shape index (κ3) is 5.09. The minimum atomic E-state index is -0.780. The maximum atomic E-state index is 13.4. The van der Waals surface area contributed by atoms with Crippen LogP contribution in [0.3, 0.4) is 0 Å². The van der Waals surface area contributed by atoms with Crippen LogP contribution in [0.15, 0.2) is 12.1 Å². The first-order chi connectivity index (χ1) is 9.04. The molecule has 0 aliphatic heterocycles. The van der Waals surface area contributed by atoms with Gasteiger partial charge in [0.05, 0.1) is 6.61 Å². The average Bonchev–Trinajstić information content (AvgIpc) is 2.32. The maximum absolute atomic E-state index is 13.4. The average molecular weight is 273 g/mol. The standard InChI is InChI=1S/C12H17F2N3O2/c1-19-5-4-16-11(18)2-3-17-12-9(13)6-8(15)7-10(12)14/h6-7,17H,2-5,15H2,1H3,(H,16,18). The van der Waals surface area contributed by atoms with Crippen molar-refractivity contribution in [3.63, 3.8) is 0 Å².